The van der Waals surface area contributed by atoms with Crippen molar-refractivity contribution in [3.05, 3.63) is 66.3 Å². The fourth-order valence-electron chi connectivity index (χ4n) is 9.43. The number of ketones is 1. The number of alkyl halides is 3. The van der Waals surface area contributed by atoms with Crippen LogP contribution in [-0.4, -0.2) is 68.8 Å². The number of fused-ring (bicyclic) bond motifs is 2. The summed E-state index contributed by atoms with van der Waals surface area (Å²) in [5.74, 6) is 11.3. The molecule has 3 heterocycles. The van der Waals surface area contributed by atoms with Gasteiger partial charge in [0.1, 0.15) is 22.4 Å². The summed E-state index contributed by atoms with van der Waals surface area (Å²) >= 11 is 0. The van der Waals surface area contributed by atoms with Gasteiger partial charge in [0, 0.05) is 35.2 Å². The number of carbonyl (C=O) groups excluding carboxylic acids is 1. The molecule has 0 unspecified atom stereocenters. The van der Waals surface area contributed by atoms with Gasteiger partial charge in [-0.1, -0.05) is 35.7 Å². The quantitative estimate of drug-likeness (QED) is 0.0552. The Kier molecular flexibility index (Phi) is 10.6. The zero-order valence-corrected chi connectivity index (χ0v) is 31.8. The Hall–Kier alpha value is -5.76. The van der Waals surface area contributed by atoms with Gasteiger partial charge in [0.2, 0.25) is 0 Å². The second-order valence-electron chi connectivity index (χ2n) is 15.6. The molecule has 1 spiro atoms. The third-order valence-electron chi connectivity index (χ3n) is 12.2. The molecule has 0 bridgehead atoms. The summed E-state index contributed by atoms with van der Waals surface area (Å²) in [4.78, 5) is 25.5. The largest absolute Gasteiger partial charge is 0.481 e. The molecule has 1 aliphatic heterocycles. The van der Waals surface area contributed by atoms with Gasteiger partial charge in [-0.05, 0) is 112 Å². The van der Waals surface area contributed by atoms with Gasteiger partial charge >= 0.3 is 6.18 Å². The van der Waals surface area contributed by atoms with E-state index in [0.717, 1.165) is 5.56 Å². The van der Waals surface area contributed by atoms with E-state index in [1.54, 1.807) is 12.3 Å². The summed E-state index contributed by atoms with van der Waals surface area (Å²) in [5, 5.41) is 33.6. The lowest BCUT2D eigenvalue weighted by Crippen LogP contribution is -2.57. The van der Waals surface area contributed by atoms with E-state index < -0.39 is 23.9 Å². The van der Waals surface area contributed by atoms with E-state index in [9.17, 15) is 18.0 Å². The van der Waals surface area contributed by atoms with Crippen LogP contribution >= 0.6 is 0 Å². The Labute approximate surface area is 327 Å². The van der Waals surface area contributed by atoms with Crippen molar-refractivity contribution in [2.24, 2.45) is 37.8 Å². The molecule has 1 saturated heterocycles. The molecule has 14 nitrogen and oxygen atoms in total. The fraction of sp³-hybridized carbons (Fsp3) is 0.475. The van der Waals surface area contributed by atoms with Crippen molar-refractivity contribution < 1.29 is 22.7 Å². The Morgan fingerprint density at radius 2 is 1.81 bits per heavy atom. The second-order valence-corrected chi connectivity index (χ2v) is 15.6. The minimum atomic E-state index is -4.67. The van der Waals surface area contributed by atoms with Crippen molar-refractivity contribution >= 4 is 33.7 Å². The van der Waals surface area contributed by atoms with Crippen molar-refractivity contribution in [1.29, 1.82) is 5.26 Å². The lowest BCUT2D eigenvalue weighted by Gasteiger charge is -2.56. The summed E-state index contributed by atoms with van der Waals surface area (Å²) in [5.41, 5.74) is 1.27. The van der Waals surface area contributed by atoms with E-state index in [-0.39, 0.29) is 28.4 Å². The smallest absolute Gasteiger partial charge is 0.422 e. The Morgan fingerprint density at radius 3 is 2.44 bits per heavy atom. The van der Waals surface area contributed by atoms with E-state index in [0.29, 0.717) is 122 Å². The normalized spacial score (nSPS) is 24.6. The highest BCUT2D eigenvalue weighted by atomic mass is 19.4. The van der Waals surface area contributed by atoms with Crippen molar-refractivity contribution in [2.75, 3.05) is 26.2 Å². The van der Waals surface area contributed by atoms with Gasteiger partial charge in [-0.3, -0.25) is 9.89 Å². The summed E-state index contributed by atoms with van der Waals surface area (Å²) < 4.78 is 48.3. The van der Waals surface area contributed by atoms with Crippen LogP contribution in [0.5, 0.6) is 5.75 Å². The average molecular weight is 783 g/mol. The molecule has 3 aliphatic rings. The Balaban J connectivity index is 1.43. The standard InChI is InChI=1S/C40H45F3N12O2/c1-4-25-19-27-33(34(57-23-40(41,42)43)32(25)31-24(3)7-8-29-28(31)20-47-50-29)48-36(26-9-17-55(18-10-26)16-6-15-44)49-35(27)38(51-53-45)13-11-37(12-14-38)21-39(22-37,52-54-46)30(56)5-2/h4-5,7-8,19-20,26H,1-2,6,9-14,16-18,21-23H2,3H3,(H2,45,51)(H2,46,52)(H,47,50). The Bertz CT molecular complexity index is 2300. The molecule has 0 atom stereocenters. The molecule has 298 valence electrons. The molecule has 57 heavy (non-hydrogen) atoms. The van der Waals surface area contributed by atoms with Gasteiger partial charge in [0.25, 0.3) is 0 Å². The third-order valence-corrected chi connectivity index (χ3v) is 12.2. The highest BCUT2D eigenvalue weighted by Crippen LogP contribution is 2.62. The van der Waals surface area contributed by atoms with E-state index >= 15 is 0 Å². The first kappa shape index (κ1) is 39.5. The number of hydrogen-bond acceptors (Lipinski definition) is 11. The number of halogens is 3. The monoisotopic (exact) mass is 782 g/mol. The number of nitrogens with zero attached hydrogens (tertiary/aromatic N) is 9. The van der Waals surface area contributed by atoms with Gasteiger partial charge in [-0.15, -0.1) is 0 Å². The molecule has 4 aromatic rings. The number of carbonyl (C=O) groups is 1. The lowest BCUT2D eigenvalue weighted by molar-refractivity contribution is -0.153. The van der Waals surface area contributed by atoms with Crippen LogP contribution in [-0.2, 0) is 10.3 Å². The maximum Gasteiger partial charge on any atom is 0.422 e. The van der Waals surface area contributed by atoms with E-state index in [4.69, 9.17) is 31.7 Å². The molecular formula is C40H45F3N12O2. The number of nitrogens with one attached hydrogen (secondary N) is 1. The maximum absolute atomic E-state index is 14.1. The predicted octanol–water partition coefficient (Wildman–Crippen LogP) is 7.85. The number of aryl methyl sites for hydroxylation is 1. The number of rotatable bonds is 12. The minimum absolute atomic E-state index is 0.0566. The van der Waals surface area contributed by atoms with E-state index in [1.165, 1.54) is 6.08 Å². The molecular weight excluding hydrogens is 738 g/mol. The van der Waals surface area contributed by atoms with Crippen molar-refractivity contribution in [3.8, 4) is 22.9 Å². The number of aromatic nitrogens is 4. The number of nitrogens with two attached hydrogens (primary N) is 2. The van der Waals surface area contributed by atoms with E-state index in [2.05, 4.69) is 55.0 Å². The van der Waals surface area contributed by atoms with Crippen LogP contribution in [0.3, 0.4) is 0 Å². The minimum Gasteiger partial charge on any atom is -0.481 e. The number of H-pyrrole nitrogens is 1. The number of nitriles is 1. The third kappa shape index (κ3) is 7.22. The summed E-state index contributed by atoms with van der Waals surface area (Å²) in [7, 11) is 0. The van der Waals surface area contributed by atoms with Crippen LogP contribution in [0.2, 0.25) is 0 Å². The first-order valence-corrected chi connectivity index (χ1v) is 19.0. The van der Waals surface area contributed by atoms with Crippen LogP contribution in [0.1, 0.15) is 86.4 Å². The number of piperidine rings is 1. The average Bonchev–Trinajstić information content (AvgIpc) is 3.67. The van der Waals surface area contributed by atoms with Crippen molar-refractivity contribution in [1.82, 2.24) is 25.1 Å². The van der Waals surface area contributed by atoms with Crippen LogP contribution in [0.15, 0.2) is 64.3 Å². The molecule has 2 aromatic carbocycles. The second kappa shape index (κ2) is 15.3. The molecule has 7 rings (SSSR count). The first-order valence-electron chi connectivity index (χ1n) is 19.0. The summed E-state index contributed by atoms with van der Waals surface area (Å²) in [6.07, 6.45) is 4.45. The van der Waals surface area contributed by atoms with Crippen LogP contribution in [0.4, 0.5) is 13.2 Å². The summed E-state index contributed by atoms with van der Waals surface area (Å²) in [6, 6.07) is 7.78. The van der Waals surface area contributed by atoms with Gasteiger partial charge in [0.05, 0.1) is 23.5 Å². The van der Waals surface area contributed by atoms with Crippen molar-refractivity contribution in [2.45, 2.75) is 87.9 Å². The molecule has 2 saturated carbocycles. The zero-order chi connectivity index (χ0) is 40.6. The zero-order valence-electron chi connectivity index (χ0n) is 31.8. The van der Waals surface area contributed by atoms with Gasteiger partial charge in [0.15, 0.2) is 18.1 Å². The molecule has 2 aromatic heterocycles. The SMILES string of the molecule is C=CC(=O)C1(N=NN)CC2(CCC(N=NN)(c3nc(C4CCN(CCC#N)CC4)nc4c(OCC(F)(F)F)c(-c5c(C)ccc6[nH]ncc56)c(C=C)cc34)CC2)C1. The number of likely N-dealkylation sites (tertiary alicyclic amines) is 1. The number of benzene rings is 2. The van der Waals surface area contributed by atoms with E-state index in [1.807, 2.05) is 25.1 Å². The number of hydrogen-bond donors (Lipinski definition) is 3. The lowest BCUT2D eigenvalue weighted by atomic mass is 9.49. The van der Waals surface area contributed by atoms with Crippen LogP contribution < -0.4 is 16.4 Å². The predicted molar refractivity (Wildman–Crippen MR) is 207 cm³/mol. The van der Waals surface area contributed by atoms with Crippen LogP contribution in [0.25, 0.3) is 39.0 Å². The highest BCUT2D eigenvalue weighted by molar-refractivity contribution is 6.05. The van der Waals surface area contributed by atoms with Crippen molar-refractivity contribution in [3.63, 3.8) is 0 Å². The van der Waals surface area contributed by atoms with Crippen LogP contribution in [0, 0.1) is 23.7 Å². The molecule has 0 amide bonds. The molecule has 2 aliphatic carbocycles. The molecule has 0 radical (unpaired) electrons. The fourth-order valence-corrected chi connectivity index (χ4v) is 9.43. The molecule has 5 N–H and O–H groups in total. The topological polar surface area (TPSA) is 209 Å². The van der Waals surface area contributed by atoms with Gasteiger partial charge in [-0.2, -0.15) is 33.8 Å². The summed E-state index contributed by atoms with van der Waals surface area (Å²) in [6.45, 7) is 10.1. The number of ether oxygens (including phenoxy) is 1. The maximum atomic E-state index is 14.1. The van der Waals surface area contributed by atoms with Gasteiger partial charge in [-0.25, -0.2) is 9.97 Å². The van der Waals surface area contributed by atoms with Gasteiger partial charge < -0.3 is 21.3 Å². The molecule has 3 fully saturated rings. The Morgan fingerprint density at radius 1 is 1.09 bits per heavy atom. The highest BCUT2D eigenvalue weighted by Gasteiger charge is 2.61. The first-order chi connectivity index (χ1) is 27.3. The molecule has 17 heteroatoms. The number of aromatic amines is 1.